The van der Waals surface area contributed by atoms with Crippen molar-refractivity contribution in [3.63, 3.8) is 0 Å². The quantitative estimate of drug-likeness (QED) is 0.109. The van der Waals surface area contributed by atoms with Gasteiger partial charge in [-0.1, -0.05) is 89.7 Å². The Labute approximate surface area is 279 Å². The van der Waals surface area contributed by atoms with Crippen LogP contribution in [0.15, 0.2) is 90.0 Å². The number of aliphatic hydroxyl groups excluding tert-OH is 1. The Bertz CT molecular complexity index is 1250. The minimum absolute atomic E-state index is 0.0292. The number of halogens is 1. The monoisotopic (exact) mass is 655 g/mol. The second-order valence-electron chi connectivity index (χ2n) is 12.2. The first-order valence-corrected chi connectivity index (χ1v) is 16.5. The van der Waals surface area contributed by atoms with Crippen LogP contribution in [0.2, 0.25) is 0 Å². The maximum Gasteiger partial charge on any atom is 0.239 e. The van der Waals surface area contributed by atoms with E-state index in [1.807, 2.05) is 49.4 Å². The smallest absolute Gasteiger partial charge is 0.239 e. The van der Waals surface area contributed by atoms with Gasteiger partial charge in [-0.05, 0) is 72.5 Å². The van der Waals surface area contributed by atoms with Gasteiger partial charge in [-0.3, -0.25) is 9.59 Å². The topological polar surface area (TPSA) is 120 Å². The van der Waals surface area contributed by atoms with E-state index in [4.69, 9.17) is 5.73 Å². The van der Waals surface area contributed by atoms with Crippen LogP contribution in [0, 0.1) is 17.7 Å². The molecule has 0 aromatic heterocycles. The lowest BCUT2D eigenvalue weighted by atomic mass is 10.0. The van der Waals surface area contributed by atoms with Crippen molar-refractivity contribution in [1.82, 2.24) is 20.3 Å². The predicted octanol–water partition coefficient (Wildman–Crippen LogP) is 5.32. The molecule has 0 spiro atoms. The minimum atomic E-state index is -0.906. The van der Waals surface area contributed by atoms with Gasteiger partial charge >= 0.3 is 0 Å². The summed E-state index contributed by atoms with van der Waals surface area (Å²) in [5, 5.41) is 19.8. The van der Waals surface area contributed by atoms with E-state index in [1.54, 1.807) is 18.2 Å². The molecule has 2 rings (SSSR count). The molecule has 2 unspecified atom stereocenters. The summed E-state index contributed by atoms with van der Waals surface area (Å²) in [7, 11) is 0. The van der Waals surface area contributed by atoms with Crippen LogP contribution in [0.4, 0.5) is 4.39 Å². The number of carbonyl (C=O) groups is 2. The SMILES string of the molecule is C=C/C=C(\C=C(/C)N)SN(CC(C)C)CC(O)C(Cc1ccccc1)NC(=O)CNC(=O)CNCc1cccc(F)c1.CC(C)C. The number of benzene rings is 2. The second kappa shape index (κ2) is 23.0. The van der Waals surface area contributed by atoms with Crippen LogP contribution in [0.25, 0.3) is 0 Å². The van der Waals surface area contributed by atoms with E-state index < -0.39 is 18.1 Å². The Balaban J connectivity index is 0.00000249. The molecule has 2 atom stereocenters. The van der Waals surface area contributed by atoms with Gasteiger partial charge in [0.1, 0.15) is 5.82 Å². The third-order valence-corrected chi connectivity index (χ3v) is 6.93. The molecule has 0 aliphatic rings. The molecule has 0 saturated carbocycles. The van der Waals surface area contributed by atoms with E-state index in [1.165, 1.54) is 24.1 Å². The van der Waals surface area contributed by atoms with Crippen LogP contribution in [0.1, 0.15) is 52.7 Å². The fourth-order valence-electron chi connectivity index (χ4n) is 4.10. The molecule has 0 aliphatic carbocycles. The number of nitrogens with two attached hydrogens (primary N) is 1. The summed E-state index contributed by atoms with van der Waals surface area (Å²) in [4.78, 5) is 26.0. The van der Waals surface area contributed by atoms with E-state index >= 15 is 0 Å². The summed E-state index contributed by atoms with van der Waals surface area (Å²) in [5.41, 5.74) is 8.24. The average Bonchev–Trinajstić information content (AvgIpc) is 2.95. The molecule has 6 N–H and O–H groups in total. The van der Waals surface area contributed by atoms with Gasteiger partial charge in [0.25, 0.3) is 0 Å². The van der Waals surface area contributed by atoms with Gasteiger partial charge in [0.2, 0.25) is 11.8 Å². The molecule has 0 aliphatic heterocycles. The third kappa shape index (κ3) is 19.8. The standard InChI is InChI=1S/C32H44FN5O3S.C4H10/c1-5-10-28(15-24(4)34)42-38(21-23(2)3)22-30(39)29(17-25-11-7-6-8-12-25)37-32(41)20-36-31(40)19-35-18-26-13-9-14-27(33)16-26;1-4(2)3/h5-16,23,29-30,35,39H,1,17-22,34H2,2-4H3,(H,36,40)(H,37,41);4H,1-3H3/b24-15+,28-10+;. The fraction of sp³-hybridized carbons (Fsp3) is 0.444. The maximum atomic E-state index is 13.3. The molecule has 0 saturated heterocycles. The van der Waals surface area contributed by atoms with Crippen LogP contribution in [0.5, 0.6) is 0 Å². The van der Waals surface area contributed by atoms with Crippen molar-refractivity contribution < 1.29 is 19.1 Å². The molecular formula is C36H54FN5O3S. The summed E-state index contributed by atoms with van der Waals surface area (Å²) in [6.07, 6.45) is 4.91. The van der Waals surface area contributed by atoms with Gasteiger partial charge in [-0.15, -0.1) is 0 Å². The van der Waals surface area contributed by atoms with E-state index in [0.717, 1.165) is 16.4 Å². The van der Waals surface area contributed by atoms with Gasteiger partial charge in [-0.2, -0.15) is 0 Å². The number of aliphatic hydroxyl groups is 1. The number of carbonyl (C=O) groups excluding carboxylic acids is 2. The van der Waals surface area contributed by atoms with Crippen molar-refractivity contribution in [3.05, 3.63) is 107 Å². The Morgan fingerprint density at radius 2 is 1.65 bits per heavy atom. The van der Waals surface area contributed by atoms with E-state index in [0.29, 0.717) is 36.7 Å². The van der Waals surface area contributed by atoms with Crippen molar-refractivity contribution in [2.75, 3.05) is 26.2 Å². The van der Waals surface area contributed by atoms with E-state index in [2.05, 4.69) is 61.5 Å². The normalized spacial score (nSPS) is 13.2. The minimum Gasteiger partial charge on any atom is -0.402 e. The summed E-state index contributed by atoms with van der Waals surface area (Å²) in [6, 6.07) is 15.1. The first-order valence-electron chi connectivity index (χ1n) is 15.7. The van der Waals surface area contributed by atoms with Crippen molar-refractivity contribution in [2.24, 2.45) is 17.6 Å². The number of hydrogen-bond acceptors (Lipinski definition) is 7. The van der Waals surface area contributed by atoms with Crippen LogP contribution < -0.4 is 21.7 Å². The fourth-order valence-corrected chi connectivity index (χ4v) is 5.40. The molecule has 0 bridgehead atoms. The van der Waals surface area contributed by atoms with Gasteiger partial charge in [0, 0.05) is 30.2 Å². The van der Waals surface area contributed by atoms with Gasteiger partial charge in [-0.25, -0.2) is 8.70 Å². The largest absolute Gasteiger partial charge is 0.402 e. The second-order valence-corrected chi connectivity index (χ2v) is 13.4. The zero-order valence-corrected chi connectivity index (χ0v) is 29.1. The molecule has 254 valence electrons. The predicted molar refractivity (Wildman–Crippen MR) is 190 cm³/mol. The molecule has 8 nitrogen and oxygen atoms in total. The Morgan fingerprint density at radius 3 is 2.24 bits per heavy atom. The van der Waals surface area contributed by atoms with Crippen molar-refractivity contribution in [2.45, 2.75) is 66.7 Å². The molecule has 2 amide bonds. The highest BCUT2D eigenvalue weighted by Crippen LogP contribution is 2.25. The molecule has 2 aromatic carbocycles. The Kier molecular flexibility index (Phi) is 20.3. The highest BCUT2D eigenvalue weighted by Gasteiger charge is 2.25. The van der Waals surface area contributed by atoms with Gasteiger partial charge in [0.05, 0.1) is 25.2 Å². The number of allylic oxidation sites excluding steroid dienone is 4. The molecular weight excluding hydrogens is 601 g/mol. The summed E-state index contributed by atoms with van der Waals surface area (Å²) in [5.74, 6) is 0.0331. The van der Waals surface area contributed by atoms with Crippen molar-refractivity contribution in [1.29, 1.82) is 0 Å². The molecule has 2 aromatic rings. The molecule has 10 heteroatoms. The Hall–Kier alpha value is -3.44. The van der Waals surface area contributed by atoms with Crippen LogP contribution in [-0.2, 0) is 22.6 Å². The van der Waals surface area contributed by atoms with E-state index in [-0.39, 0.29) is 31.4 Å². The lowest BCUT2D eigenvalue weighted by molar-refractivity contribution is -0.126. The number of hydrogen-bond donors (Lipinski definition) is 5. The zero-order chi connectivity index (χ0) is 34.5. The molecule has 0 radical (unpaired) electrons. The first-order chi connectivity index (χ1) is 21.8. The summed E-state index contributed by atoms with van der Waals surface area (Å²) >= 11 is 1.47. The highest BCUT2D eigenvalue weighted by atomic mass is 32.2. The van der Waals surface area contributed by atoms with Crippen molar-refractivity contribution in [3.8, 4) is 0 Å². The molecule has 0 heterocycles. The van der Waals surface area contributed by atoms with Gasteiger partial charge in [0.15, 0.2) is 0 Å². The highest BCUT2D eigenvalue weighted by molar-refractivity contribution is 8.01. The van der Waals surface area contributed by atoms with Crippen LogP contribution >= 0.6 is 11.9 Å². The first kappa shape index (κ1) is 40.6. The number of nitrogens with zero attached hydrogens (tertiary/aromatic N) is 1. The van der Waals surface area contributed by atoms with Crippen LogP contribution in [-0.4, -0.2) is 59.6 Å². The average molecular weight is 656 g/mol. The number of nitrogens with one attached hydrogen (secondary N) is 3. The number of amides is 2. The maximum absolute atomic E-state index is 13.3. The molecule has 46 heavy (non-hydrogen) atoms. The molecule has 0 fully saturated rings. The Morgan fingerprint density at radius 1 is 1.00 bits per heavy atom. The van der Waals surface area contributed by atoms with Crippen LogP contribution in [0.3, 0.4) is 0 Å². The number of rotatable bonds is 18. The lowest BCUT2D eigenvalue weighted by Gasteiger charge is -2.30. The summed E-state index contributed by atoms with van der Waals surface area (Å²) in [6.45, 7) is 17.3. The van der Waals surface area contributed by atoms with Gasteiger partial charge < -0.3 is 26.8 Å². The van der Waals surface area contributed by atoms with Crippen molar-refractivity contribution >= 4 is 23.8 Å². The van der Waals surface area contributed by atoms with E-state index in [9.17, 15) is 19.1 Å². The lowest BCUT2D eigenvalue weighted by Crippen LogP contribution is -2.51. The summed E-state index contributed by atoms with van der Waals surface area (Å²) < 4.78 is 15.4. The third-order valence-electron chi connectivity index (χ3n) is 5.91. The zero-order valence-electron chi connectivity index (χ0n) is 28.3.